The third kappa shape index (κ3) is 7.60. The van der Waals surface area contributed by atoms with Crippen molar-refractivity contribution in [3.8, 4) is 22.5 Å². The number of pyridine rings is 1. The molecule has 0 unspecified atom stereocenters. The van der Waals surface area contributed by atoms with Gasteiger partial charge in [0.15, 0.2) is 5.82 Å². The maximum absolute atomic E-state index is 13.4. The van der Waals surface area contributed by atoms with Crippen molar-refractivity contribution in [2.45, 2.75) is 38.8 Å². The number of esters is 1. The molecule has 0 aliphatic rings. The van der Waals surface area contributed by atoms with E-state index in [0.29, 0.717) is 35.6 Å². The first-order valence-electron chi connectivity index (χ1n) is 20.1. The van der Waals surface area contributed by atoms with Crippen molar-refractivity contribution in [2.24, 2.45) is 0 Å². The van der Waals surface area contributed by atoms with Crippen molar-refractivity contribution >= 4 is 28.4 Å². The Morgan fingerprint density at radius 3 is 1.93 bits per heavy atom. The molecule has 0 spiro atoms. The summed E-state index contributed by atoms with van der Waals surface area (Å²) < 4.78 is 7.40. The predicted molar refractivity (Wildman–Crippen MR) is 234 cm³/mol. The van der Waals surface area contributed by atoms with E-state index in [-0.39, 0.29) is 17.9 Å². The molecule has 2 heterocycles. The van der Waals surface area contributed by atoms with Gasteiger partial charge in [0.2, 0.25) is 0 Å². The summed E-state index contributed by atoms with van der Waals surface area (Å²) in [5.74, 6) is 0.555. The van der Waals surface area contributed by atoms with E-state index in [2.05, 4.69) is 89.8 Å². The van der Waals surface area contributed by atoms with Gasteiger partial charge in [-0.25, -0.2) is 14.5 Å². The molecular formula is C49H43N7O4. The highest BCUT2D eigenvalue weighted by atomic mass is 16.6. The third-order valence-electron chi connectivity index (χ3n) is 10.7. The van der Waals surface area contributed by atoms with Gasteiger partial charge in [-0.05, 0) is 69.3 Å². The average Bonchev–Trinajstić information content (AvgIpc) is 3.79. The first kappa shape index (κ1) is 39.3. The van der Waals surface area contributed by atoms with Crippen molar-refractivity contribution < 1.29 is 14.5 Å². The van der Waals surface area contributed by atoms with Crippen LogP contribution in [0.25, 0.3) is 33.4 Å². The Labute approximate surface area is 348 Å². The van der Waals surface area contributed by atoms with Crippen LogP contribution in [0.4, 0.5) is 11.5 Å². The zero-order chi connectivity index (χ0) is 41.5. The summed E-state index contributed by atoms with van der Waals surface area (Å²) in [5, 5.41) is 25.9. The number of nitrogens with zero attached hydrogens (tertiary/aromatic N) is 7. The lowest BCUT2D eigenvalue weighted by Gasteiger charge is -2.36. The Hall–Kier alpha value is -7.53. The zero-order valence-electron chi connectivity index (χ0n) is 33.4. The Morgan fingerprint density at radius 2 is 1.35 bits per heavy atom. The van der Waals surface area contributed by atoms with E-state index in [1.165, 1.54) is 12.1 Å². The van der Waals surface area contributed by atoms with Crippen molar-refractivity contribution in [2.75, 3.05) is 18.1 Å². The quantitative estimate of drug-likeness (QED) is 0.0431. The van der Waals surface area contributed by atoms with Gasteiger partial charge in [0.25, 0.3) is 5.69 Å². The molecule has 11 heteroatoms. The number of non-ortho nitro benzene ring substituents is 1. The van der Waals surface area contributed by atoms with Crippen LogP contribution in [0.1, 0.15) is 59.3 Å². The number of hydrogen-bond acceptors (Lipinski definition) is 9. The Bertz CT molecular complexity index is 2640. The van der Waals surface area contributed by atoms with E-state index in [9.17, 15) is 14.9 Å². The molecule has 0 saturated carbocycles. The van der Waals surface area contributed by atoms with Crippen molar-refractivity contribution in [3.63, 3.8) is 0 Å². The molecule has 8 rings (SSSR count). The number of nitro groups is 1. The molecule has 0 saturated heterocycles. The topological polar surface area (TPSA) is 129 Å². The van der Waals surface area contributed by atoms with E-state index < -0.39 is 16.4 Å². The number of ether oxygens (including phenoxy) is 1. The summed E-state index contributed by atoms with van der Waals surface area (Å²) >= 11 is 0. The molecule has 8 aromatic rings. The first-order chi connectivity index (χ1) is 29.4. The number of tetrazole rings is 1. The number of aromatic nitrogens is 5. The van der Waals surface area contributed by atoms with Crippen LogP contribution in [0.3, 0.4) is 0 Å². The van der Waals surface area contributed by atoms with Gasteiger partial charge in [-0.3, -0.25) is 10.1 Å². The van der Waals surface area contributed by atoms with Gasteiger partial charge in [0, 0.05) is 36.2 Å². The number of nitro benzene ring substituents is 1. The van der Waals surface area contributed by atoms with Crippen LogP contribution in [0.15, 0.2) is 164 Å². The Balaban J connectivity index is 1.19. The van der Waals surface area contributed by atoms with Crippen LogP contribution in [-0.2, 0) is 16.8 Å². The molecule has 0 fully saturated rings. The number of benzene rings is 6. The highest BCUT2D eigenvalue weighted by molar-refractivity contribution is 5.99. The van der Waals surface area contributed by atoms with Crippen molar-refractivity contribution in [1.29, 1.82) is 0 Å². The molecule has 0 atom stereocenters. The predicted octanol–water partition coefficient (Wildman–Crippen LogP) is 10.3. The molecular weight excluding hydrogens is 751 g/mol. The van der Waals surface area contributed by atoms with E-state index in [1.54, 1.807) is 19.1 Å². The SMILES string of the molecule is CCCCN(Cc1ccc(-c2ccccc2-c2nnnn2C(c2ccccc2)(c2ccccc2)c2ccccc2)cc1)c1nc2ccc([N+](=O)[O-])cc2cc1C(=O)OCC. The van der Waals surface area contributed by atoms with E-state index in [0.717, 1.165) is 51.8 Å². The molecule has 6 aromatic carbocycles. The van der Waals surface area contributed by atoms with Gasteiger partial charge < -0.3 is 9.64 Å². The molecule has 2 aromatic heterocycles. The van der Waals surface area contributed by atoms with Gasteiger partial charge in [-0.15, -0.1) is 5.10 Å². The van der Waals surface area contributed by atoms with E-state index in [4.69, 9.17) is 20.0 Å². The molecule has 11 nitrogen and oxygen atoms in total. The second-order valence-electron chi connectivity index (χ2n) is 14.5. The molecule has 298 valence electrons. The largest absolute Gasteiger partial charge is 0.462 e. The van der Waals surface area contributed by atoms with Crippen LogP contribution < -0.4 is 4.90 Å². The van der Waals surface area contributed by atoms with Gasteiger partial charge >= 0.3 is 5.97 Å². The van der Waals surface area contributed by atoms with Gasteiger partial charge in [-0.2, -0.15) is 0 Å². The molecule has 0 aliphatic carbocycles. The summed E-state index contributed by atoms with van der Waals surface area (Å²) in [6.45, 7) is 5.14. The van der Waals surface area contributed by atoms with Crippen LogP contribution in [0.5, 0.6) is 0 Å². The normalized spacial score (nSPS) is 11.4. The lowest BCUT2D eigenvalue weighted by Crippen LogP contribution is -2.39. The highest BCUT2D eigenvalue weighted by Gasteiger charge is 2.42. The Kier molecular flexibility index (Phi) is 11.5. The fourth-order valence-electron chi connectivity index (χ4n) is 7.90. The average molecular weight is 794 g/mol. The molecule has 0 amide bonds. The summed E-state index contributed by atoms with van der Waals surface area (Å²) in [6.07, 6.45) is 1.79. The third-order valence-corrected chi connectivity index (χ3v) is 10.7. The number of hydrogen-bond donors (Lipinski definition) is 0. The standard InChI is InChI=1S/C49H43N7O4/c1-3-5-31-54(46-44(48(57)60-4-2)33-37-32-41(56(58)59)29-30-45(37)50-46)34-35-25-27-36(28-26-35)42-23-15-16-24-43(42)47-51-52-53-55(47)49(38-17-9-6-10-18-38,39-19-11-7-12-20-39)40-21-13-8-14-22-40/h6-30,32-33H,3-5,31,34H2,1-2H3. The van der Waals surface area contributed by atoms with Crippen LogP contribution >= 0.6 is 0 Å². The number of unbranched alkanes of at least 4 members (excludes halogenated alkanes) is 1. The molecule has 0 aliphatic heterocycles. The molecule has 0 radical (unpaired) electrons. The van der Waals surface area contributed by atoms with Gasteiger partial charge in [0.1, 0.15) is 16.9 Å². The number of carbonyl (C=O) groups is 1. The smallest absolute Gasteiger partial charge is 0.341 e. The summed E-state index contributed by atoms with van der Waals surface area (Å²) in [5.41, 5.74) is 6.69. The fourth-order valence-corrected chi connectivity index (χ4v) is 7.90. The first-order valence-corrected chi connectivity index (χ1v) is 20.1. The fraction of sp³-hybridized carbons (Fsp3) is 0.163. The maximum Gasteiger partial charge on any atom is 0.341 e. The molecule has 60 heavy (non-hydrogen) atoms. The minimum Gasteiger partial charge on any atom is -0.462 e. The monoisotopic (exact) mass is 793 g/mol. The minimum absolute atomic E-state index is 0.0734. The lowest BCUT2D eigenvalue weighted by atomic mass is 9.77. The maximum atomic E-state index is 13.4. The Morgan fingerprint density at radius 1 is 0.750 bits per heavy atom. The molecule has 0 N–H and O–H groups in total. The summed E-state index contributed by atoms with van der Waals surface area (Å²) in [6, 6.07) is 53.7. The minimum atomic E-state index is -0.907. The van der Waals surface area contributed by atoms with Gasteiger partial charge in [-0.1, -0.05) is 153 Å². The van der Waals surface area contributed by atoms with Gasteiger partial charge in [0.05, 0.1) is 17.0 Å². The van der Waals surface area contributed by atoms with Crippen LogP contribution in [0.2, 0.25) is 0 Å². The summed E-state index contributed by atoms with van der Waals surface area (Å²) in [4.78, 5) is 31.5. The number of carbonyl (C=O) groups excluding carboxylic acids is 1. The molecule has 0 bridgehead atoms. The van der Waals surface area contributed by atoms with E-state index >= 15 is 0 Å². The van der Waals surface area contributed by atoms with E-state index in [1.807, 2.05) is 71.4 Å². The van der Waals surface area contributed by atoms with Crippen LogP contribution in [0, 0.1) is 10.1 Å². The van der Waals surface area contributed by atoms with Crippen molar-refractivity contribution in [1.82, 2.24) is 25.2 Å². The summed E-state index contributed by atoms with van der Waals surface area (Å²) in [7, 11) is 0. The number of fused-ring (bicyclic) bond motifs is 1. The number of anilines is 1. The highest BCUT2D eigenvalue weighted by Crippen LogP contribution is 2.43. The zero-order valence-corrected chi connectivity index (χ0v) is 33.4. The second kappa shape index (κ2) is 17.5. The number of rotatable bonds is 15. The lowest BCUT2D eigenvalue weighted by molar-refractivity contribution is -0.384. The van der Waals surface area contributed by atoms with Crippen molar-refractivity contribution in [3.05, 3.63) is 202 Å². The van der Waals surface area contributed by atoms with Crippen LogP contribution in [-0.4, -0.2) is 49.2 Å². The second-order valence-corrected chi connectivity index (χ2v) is 14.5.